The topological polar surface area (TPSA) is 44.8 Å². The third kappa shape index (κ3) is 10.8. The Bertz CT molecular complexity index is 1100. The van der Waals surface area contributed by atoms with Crippen LogP contribution in [0.2, 0.25) is 0 Å². The molecular formula is C36H48O4. The Hall–Kier alpha value is -3.11. The fraction of sp³-hybridized carbons (Fsp3) is 0.472. The van der Waals surface area contributed by atoms with Crippen molar-refractivity contribution in [1.29, 1.82) is 0 Å². The lowest BCUT2D eigenvalue weighted by Crippen LogP contribution is -2.09. The van der Waals surface area contributed by atoms with Crippen LogP contribution in [0.25, 0.3) is 11.1 Å². The summed E-state index contributed by atoms with van der Waals surface area (Å²) in [6, 6.07) is 23.3. The van der Waals surface area contributed by atoms with Crippen LogP contribution in [-0.2, 0) is 4.74 Å². The first-order chi connectivity index (χ1) is 19.6. The summed E-state index contributed by atoms with van der Waals surface area (Å²) >= 11 is 0. The highest BCUT2D eigenvalue weighted by atomic mass is 16.6. The van der Waals surface area contributed by atoms with Gasteiger partial charge in [-0.15, -0.1) is 0 Å². The normalized spacial score (nSPS) is 11.8. The predicted octanol–water partition coefficient (Wildman–Crippen LogP) is 10.4. The summed E-state index contributed by atoms with van der Waals surface area (Å²) in [4.78, 5) is 12.7. The third-order valence-corrected chi connectivity index (χ3v) is 7.21. The summed E-state index contributed by atoms with van der Waals surface area (Å²) < 4.78 is 17.4. The molecule has 0 amide bonds. The van der Waals surface area contributed by atoms with Crippen LogP contribution < -0.4 is 9.47 Å². The summed E-state index contributed by atoms with van der Waals surface area (Å²) in [6.07, 6.45) is 14.3. The van der Waals surface area contributed by atoms with Gasteiger partial charge in [0.2, 0.25) is 0 Å². The van der Waals surface area contributed by atoms with Gasteiger partial charge >= 0.3 is 5.97 Å². The van der Waals surface area contributed by atoms with Gasteiger partial charge in [0.25, 0.3) is 0 Å². The number of hydrogen-bond acceptors (Lipinski definition) is 4. The Labute approximate surface area is 242 Å². The molecule has 0 aliphatic carbocycles. The molecule has 216 valence electrons. The molecule has 0 aliphatic rings. The highest BCUT2D eigenvalue weighted by Gasteiger charge is 2.13. The minimum absolute atomic E-state index is 0.0777. The fourth-order valence-corrected chi connectivity index (χ4v) is 4.72. The van der Waals surface area contributed by atoms with Gasteiger partial charge in [-0.2, -0.15) is 0 Å². The van der Waals surface area contributed by atoms with Crippen LogP contribution in [0.1, 0.15) is 113 Å². The van der Waals surface area contributed by atoms with E-state index in [1.54, 1.807) is 18.2 Å². The molecule has 0 saturated carbocycles. The quantitative estimate of drug-likeness (QED) is 0.0855. The number of rotatable bonds is 19. The number of para-hydroxylation sites is 2. The van der Waals surface area contributed by atoms with Gasteiger partial charge in [-0.1, -0.05) is 120 Å². The van der Waals surface area contributed by atoms with Gasteiger partial charge in [0.05, 0.1) is 18.3 Å². The maximum absolute atomic E-state index is 12.7. The van der Waals surface area contributed by atoms with E-state index in [2.05, 4.69) is 38.1 Å². The number of hydrogen-bond donors (Lipinski definition) is 0. The Balaban J connectivity index is 1.40. The third-order valence-electron chi connectivity index (χ3n) is 7.21. The smallest absolute Gasteiger partial charge is 0.343 e. The molecule has 1 atom stereocenters. The zero-order valence-electron chi connectivity index (χ0n) is 24.8. The monoisotopic (exact) mass is 544 g/mol. The first-order valence-corrected chi connectivity index (χ1v) is 15.4. The van der Waals surface area contributed by atoms with E-state index in [-0.39, 0.29) is 6.10 Å². The van der Waals surface area contributed by atoms with Gasteiger partial charge in [-0.3, -0.25) is 0 Å². The average molecular weight is 545 g/mol. The van der Waals surface area contributed by atoms with Crippen LogP contribution in [0.5, 0.6) is 11.5 Å². The lowest BCUT2D eigenvalue weighted by Gasteiger charge is -2.14. The largest absolute Gasteiger partial charge is 0.490 e. The lowest BCUT2D eigenvalue weighted by atomic mass is 10.0. The molecule has 0 spiro atoms. The number of esters is 1. The number of unbranched alkanes of at least 4 members (excludes halogenated alkanes) is 9. The molecule has 0 heterocycles. The highest BCUT2D eigenvalue weighted by Crippen LogP contribution is 2.28. The maximum atomic E-state index is 12.7. The van der Waals surface area contributed by atoms with Crippen molar-refractivity contribution in [3.63, 3.8) is 0 Å². The van der Waals surface area contributed by atoms with Crippen molar-refractivity contribution in [2.24, 2.45) is 0 Å². The number of carbonyl (C=O) groups is 1. The van der Waals surface area contributed by atoms with Gasteiger partial charge in [-0.05, 0) is 60.7 Å². The molecule has 40 heavy (non-hydrogen) atoms. The van der Waals surface area contributed by atoms with Crippen molar-refractivity contribution in [2.45, 2.75) is 97.5 Å². The zero-order chi connectivity index (χ0) is 28.4. The van der Waals surface area contributed by atoms with Crippen LogP contribution >= 0.6 is 0 Å². The summed E-state index contributed by atoms with van der Waals surface area (Å²) in [7, 11) is 0. The van der Waals surface area contributed by atoms with Gasteiger partial charge in [-0.25, -0.2) is 4.79 Å². The van der Waals surface area contributed by atoms with E-state index < -0.39 is 5.97 Å². The van der Waals surface area contributed by atoms with E-state index in [1.165, 1.54) is 63.4 Å². The first-order valence-electron chi connectivity index (χ1n) is 15.4. The molecule has 1 unspecified atom stereocenters. The molecule has 0 radical (unpaired) electrons. The molecule has 3 aromatic carbocycles. The highest BCUT2D eigenvalue weighted by molar-refractivity contribution is 5.92. The van der Waals surface area contributed by atoms with Gasteiger partial charge in [0.15, 0.2) is 11.5 Å². The van der Waals surface area contributed by atoms with Crippen molar-refractivity contribution in [3.8, 4) is 22.6 Å². The molecule has 4 nitrogen and oxygen atoms in total. The standard InChI is InChI=1S/C36H48O4/c1-4-6-7-8-9-10-11-12-13-16-28-38-29(3)30-19-21-31(22-20-30)32-23-25-33(26-24-32)36(37)40-35-18-15-14-17-34(35)39-27-5-2/h14-15,17-26,29H,4-13,16,27-28H2,1-3H3. The van der Waals surface area contributed by atoms with E-state index in [0.29, 0.717) is 23.7 Å². The van der Waals surface area contributed by atoms with Gasteiger partial charge < -0.3 is 14.2 Å². The molecule has 0 aliphatic heterocycles. The molecule has 3 aromatic rings. The molecule has 0 fully saturated rings. The van der Waals surface area contributed by atoms with E-state index in [4.69, 9.17) is 14.2 Å². The molecule has 0 aromatic heterocycles. The molecular weight excluding hydrogens is 496 g/mol. The van der Waals surface area contributed by atoms with Gasteiger partial charge in [0.1, 0.15) is 0 Å². The fourth-order valence-electron chi connectivity index (χ4n) is 4.72. The minimum atomic E-state index is -0.400. The van der Waals surface area contributed by atoms with E-state index in [1.807, 2.05) is 37.3 Å². The summed E-state index contributed by atoms with van der Waals surface area (Å²) in [6.45, 7) is 7.82. The van der Waals surface area contributed by atoms with Crippen LogP contribution in [-0.4, -0.2) is 19.2 Å². The minimum Gasteiger partial charge on any atom is -0.490 e. The second-order valence-corrected chi connectivity index (χ2v) is 10.6. The van der Waals surface area contributed by atoms with Crippen LogP contribution in [0.3, 0.4) is 0 Å². The van der Waals surface area contributed by atoms with Gasteiger partial charge in [0, 0.05) is 6.61 Å². The zero-order valence-corrected chi connectivity index (χ0v) is 24.8. The molecule has 0 bridgehead atoms. The number of ether oxygens (including phenoxy) is 3. The maximum Gasteiger partial charge on any atom is 0.343 e. The van der Waals surface area contributed by atoms with Crippen molar-refractivity contribution in [3.05, 3.63) is 83.9 Å². The molecule has 4 heteroatoms. The molecule has 0 N–H and O–H groups in total. The van der Waals surface area contributed by atoms with Crippen molar-refractivity contribution in [1.82, 2.24) is 0 Å². The summed E-state index contributed by atoms with van der Waals surface area (Å²) in [5.74, 6) is 0.615. The van der Waals surface area contributed by atoms with Crippen molar-refractivity contribution in [2.75, 3.05) is 13.2 Å². The van der Waals surface area contributed by atoms with Crippen LogP contribution in [0.15, 0.2) is 72.8 Å². The lowest BCUT2D eigenvalue weighted by molar-refractivity contribution is 0.0627. The van der Waals surface area contributed by atoms with E-state index in [0.717, 1.165) is 30.6 Å². The number of carbonyl (C=O) groups excluding carboxylic acids is 1. The van der Waals surface area contributed by atoms with Crippen LogP contribution in [0, 0.1) is 0 Å². The second-order valence-electron chi connectivity index (χ2n) is 10.6. The Morgan fingerprint density at radius 3 is 1.77 bits per heavy atom. The molecule has 0 saturated heterocycles. The predicted molar refractivity (Wildman–Crippen MR) is 165 cm³/mol. The summed E-state index contributed by atoms with van der Waals surface area (Å²) in [5, 5.41) is 0. The Morgan fingerprint density at radius 1 is 0.625 bits per heavy atom. The van der Waals surface area contributed by atoms with Crippen molar-refractivity contribution >= 4 is 5.97 Å². The Kier molecular flexibility index (Phi) is 14.4. The first kappa shape index (κ1) is 31.4. The SMILES string of the molecule is CCCCCCCCCCCCOC(C)c1ccc(-c2ccc(C(=O)Oc3ccccc3OCCC)cc2)cc1. The van der Waals surface area contributed by atoms with Crippen LogP contribution in [0.4, 0.5) is 0 Å². The van der Waals surface area contributed by atoms with Crippen molar-refractivity contribution < 1.29 is 19.0 Å². The number of benzene rings is 3. The van der Waals surface area contributed by atoms with E-state index >= 15 is 0 Å². The van der Waals surface area contributed by atoms with E-state index in [9.17, 15) is 4.79 Å². The second kappa shape index (κ2) is 18.3. The summed E-state index contributed by atoms with van der Waals surface area (Å²) in [5.41, 5.74) is 3.83. The Morgan fingerprint density at radius 2 is 1.18 bits per heavy atom. The average Bonchev–Trinajstić information content (AvgIpc) is 2.99. The molecule has 3 rings (SSSR count).